The Labute approximate surface area is 178 Å². The molecule has 1 atom stereocenters. The van der Waals surface area contributed by atoms with Crippen molar-refractivity contribution in [3.63, 3.8) is 0 Å². The van der Waals surface area contributed by atoms with E-state index in [9.17, 15) is 4.39 Å². The predicted octanol–water partition coefficient (Wildman–Crippen LogP) is 2.49. The van der Waals surface area contributed by atoms with Crippen LogP contribution in [-0.4, -0.2) is 69.9 Å². The van der Waals surface area contributed by atoms with Crippen LogP contribution in [0.3, 0.4) is 0 Å². The van der Waals surface area contributed by atoms with Crippen molar-refractivity contribution in [1.29, 1.82) is 0 Å². The normalized spacial score (nSPS) is 15.2. The predicted molar refractivity (Wildman–Crippen MR) is 118 cm³/mol. The van der Waals surface area contributed by atoms with E-state index in [2.05, 4.69) is 20.5 Å². The second-order valence-electron chi connectivity index (χ2n) is 6.50. The summed E-state index contributed by atoms with van der Waals surface area (Å²) in [6.07, 6.45) is 2.37. The van der Waals surface area contributed by atoms with Crippen LogP contribution in [0.15, 0.2) is 29.3 Å². The Morgan fingerprint density at radius 3 is 2.67 bits per heavy atom. The molecule has 1 aromatic rings. The third kappa shape index (κ3) is 9.07. The average molecular weight is 494 g/mol. The van der Waals surface area contributed by atoms with Crippen LogP contribution in [0.4, 0.5) is 4.39 Å². The van der Waals surface area contributed by atoms with E-state index in [0.717, 1.165) is 32.2 Å². The fourth-order valence-electron chi connectivity index (χ4n) is 2.70. The van der Waals surface area contributed by atoms with Gasteiger partial charge in [0.25, 0.3) is 0 Å². The third-order valence-electron chi connectivity index (χ3n) is 4.28. The van der Waals surface area contributed by atoms with Crippen LogP contribution in [0, 0.1) is 5.82 Å². The number of benzene rings is 1. The van der Waals surface area contributed by atoms with Crippen molar-refractivity contribution in [1.82, 2.24) is 15.5 Å². The number of para-hydroxylation sites is 1. The molecule has 1 aliphatic rings. The first-order valence-electron chi connectivity index (χ1n) is 9.22. The number of hydrogen-bond donors (Lipinski definition) is 2. The zero-order chi connectivity index (χ0) is 18.8. The number of hydrogen-bond acceptors (Lipinski definition) is 4. The Morgan fingerprint density at radius 2 is 2.04 bits per heavy atom. The second kappa shape index (κ2) is 13.1. The molecule has 0 saturated heterocycles. The highest BCUT2D eigenvalue weighted by Crippen LogP contribution is 2.25. The van der Waals surface area contributed by atoms with Gasteiger partial charge in [0.15, 0.2) is 17.5 Å². The minimum Gasteiger partial charge on any atom is -0.486 e. The number of rotatable bonds is 11. The van der Waals surface area contributed by atoms with Crippen LogP contribution in [0.1, 0.15) is 19.8 Å². The van der Waals surface area contributed by atoms with Gasteiger partial charge in [-0.05, 0) is 31.9 Å². The summed E-state index contributed by atoms with van der Waals surface area (Å²) in [6.45, 7) is 5.91. The molecule has 0 radical (unpaired) electrons. The molecule has 154 valence electrons. The molecule has 0 amide bonds. The fraction of sp³-hybridized carbons (Fsp3) is 0.632. The summed E-state index contributed by atoms with van der Waals surface area (Å²) in [4.78, 5) is 6.68. The maximum atomic E-state index is 13.6. The van der Waals surface area contributed by atoms with E-state index in [0.29, 0.717) is 12.6 Å². The van der Waals surface area contributed by atoms with Gasteiger partial charge in [-0.15, -0.1) is 24.0 Å². The maximum absolute atomic E-state index is 13.6. The smallest absolute Gasteiger partial charge is 0.191 e. The van der Waals surface area contributed by atoms with E-state index in [1.807, 2.05) is 6.92 Å². The van der Waals surface area contributed by atoms with Gasteiger partial charge >= 0.3 is 0 Å². The molecule has 1 saturated carbocycles. The summed E-state index contributed by atoms with van der Waals surface area (Å²) >= 11 is 0. The first-order valence-corrected chi connectivity index (χ1v) is 9.22. The number of aliphatic imine (C=N–C) groups is 1. The van der Waals surface area contributed by atoms with Gasteiger partial charge in [-0.1, -0.05) is 12.1 Å². The molecule has 0 spiro atoms. The first kappa shape index (κ1) is 23.9. The molecule has 27 heavy (non-hydrogen) atoms. The molecule has 8 heteroatoms. The summed E-state index contributed by atoms with van der Waals surface area (Å²) in [5, 5.41) is 6.54. The zero-order valence-corrected chi connectivity index (χ0v) is 18.7. The lowest BCUT2D eigenvalue weighted by molar-refractivity contribution is 0.144. The molecule has 0 heterocycles. The fourth-order valence-corrected chi connectivity index (χ4v) is 2.70. The Kier molecular flexibility index (Phi) is 11.6. The van der Waals surface area contributed by atoms with Crippen LogP contribution in [0.2, 0.25) is 0 Å². The van der Waals surface area contributed by atoms with Crippen LogP contribution >= 0.6 is 24.0 Å². The largest absolute Gasteiger partial charge is 0.486 e. The van der Waals surface area contributed by atoms with E-state index in [1.54, 1.807) is 32.4 Å². The van der Waals surface area contributed by atoms with Gasteiger partial charge in [0.05, 0.1) is 13.2 Å². The lowest BCUT2D eigenvalue weighted by atomic mass is 10.3. The Bertz CT molecular complexity index is 572. The highest BCUT2D eigenvalue weighted by molar-refractivity contribution is 14.0. The molecule has 0 aliphatic heterocycles. The van der Waals surface area contributed by atoms with E-state index >= 15 is 0 Å². The Hall–Kier alpha value is -1.13. The number of ether oxygens (including phenoxy) is 2. The third-order valence-corrected chi connectivity index (χ3v) is 4.28. The van der Waals surface area contributed by atoms with Crippen molar-refractivity contribution in [3.05, 3.63) is 30.1 Å². The SMILES string of the molecule is CN=C(NCCN(CCOC)C1CC1)NCC(C)Oc1ccccc1F.I. The summed E-state index contributed by atoms with van der Waals surface area (Å²) in [5.74, 6) is 0.637. The van der Waals surface area contributed by atoms with Crippen LogP contribution in [0.25, 0.3) is 0 Å². The maximum Gasteiger partial charge on any atom is 0.191 e. The molecular formula is C19H32FIN4O2. The van der Waals surface area contributed by atoms with Crippen LogP contribution < -0.4 is 15.4 Å². The summed E-state index contributed by atoms with van der Waals surface area (Å²) in [6, 6.07) is 7.13. The van der Waals surface area contributed by atoms with Crippen molar-refractivity contribution in [2.45, 2.75) is 31.9 Å². The van der Waals surface area contributed by atoms with E-state index in [4.69, 9.17) is 9.47 Å². The Balaban J connectivity index is 0.00000364. The highest BCUT2D eigenvalue weighted by atomic mass is 127. The molecule has 2 rings (SSSR count). The van der Waals surface area contributed by atoms with Crippen molar-refractivity contribution < 1.29 is 13.9 Å². The zero-order valence-electron chi connectivity index (χ0n) is 16.4. The Morgan fingerprint density at radius 1 is 1.30 bits per heavy atom. The monoisotopic (exact) mass is 494 g/mol. The molecule has 1 unspecified atom stereocenters. The van der Waals surface area contributed by atoms with Crippen molar-refractivity contribution >= 4 is 29.9 Å². The van der Waals surface area contributed by atoms with Crippen molar-refractivity contribution in [2.75, 3.05) is 46.9 Å². The van der Waals surface area contributed by atoms with E-state index < -0.39 is 0 Å². The van der Waals surface area contributed by atoms with Crippen LogP contribution in [0.5, 0.6) is 5.75 Å². The van der Waals surface area contributed by atoms with E-state index in [1.165, 1.54) is 18.9 Å². The first-order chi connectivity index (χ1) is 12.6. The lowest BCUT2D eigenvalue weighted by Crippen LogP contribution is -2.45. The molecule has 1 fully saturated rings. The van der Waals surface area contributed by atoms with Gasteiger partial charge in [-0.25, -0.2) is 4.39 Å². The van der Waals surface area contributed by atoms with Crippen molar-refractivity contribution in [3.8, 4) is 5.75 Å². The quantitative estimate of drug-likeness (QED) is 0.281. The minimum atomic E-state index is -0.349. The molecule has 1 aliphatic carbocycles. The molecular weight excluding hydrogens is 462 g/mol. The van der Waals surface area contributed by atoms with Gasteiger partial charge < -0.3 is 20.1 Å². The summed E-state index contributed by atoms with van der Waals surface area (Å²) in [5.41, 5.74) is 0. The summed E-state index contributed by atoms with van der Waals surface area (Å²) < 4.78 is 24.4. The van der Waals surface area contributed by atoms with E-state index in [-0.39, 0.29) is 41.6 Å². The van der Waals surface area contributed by atoms with Gasteiger partial charge in [-0.2, -0.15) is 0 Å². The molecule has 0 aromatic heterocycles. The van der Waals surface area contributed by atoms with Gasteiger partial charge in [0.2, 0.25) is 0 Å². The van der Waals surface area contributed by atoms with Gasteiger partial charge in [0, 0.05) is 39.8 Å². The minimum absolute atomic E-state index is 0. The second-order valence-corrected chi connectivity index (χ2v) is 6.50. The molecule has 0 bridgehead atoms. The molecule has 2 N–H and O–H groups in total. The number of halogens is 2. The molecule has 1 aromatic carbocycles. The van der Waals surface area contributed by atoms with Gasteiger partial charge in [-0.3, -0.25) is 9.89 Å². The number of guanidine groups is 1. The van der Waals surface area contributed by atoms with Crippen LogP contribution in [-0.2, 0) is 4.74 Å². The lowest BCUT2D eigenvalue weighted by Gasteiger charge is -2.23. The number of nitrogens with one attached hydrogen (secondary N) is 2. The number of methoxy groups -OCH3 is 1. The number of nitrogens with zero attached hydrogens (tertiary/aromatic N) is 2. The van der Waals surface area contributed by atoms with Gasteiger partial charge in [0.1, 0.15) is 6.10 Å². The molecule has 6 nitrogen and oxygen atoms in total. The average Bonchev–Trinajstić information content (AvgIpc) is 3.47. The highest BCUT2D eigenvalue weighted by Gasteiger charge is 2.28. The topological polar surface area (TPSA) is 58.1 Å². The summed E-state index contributed by atoms with van der Waals surface area (Å²) in [7, 11) is 3.47. The van der Waals surface area contributed by atoms with Crippen molar-refractivity contribution in [2.24, 2.45) is 4.99 Å². The standard InChI is InChI=1S/C19H31FN4O2.HI/c1-15(26-18-7-5-4-6-17(18)20)14-23-19(21-2)22-10-11-24(12-13-25-3)16-8-9-16;/h4-7,15-16H,8-14H2,1-3H3,(H2,21,22,23);1H.